The first-order chi connectivity index (χ1) is 34.2. The van der Waals surface area contributed by atoms with Gasteiger partial charge in [0.25, 0.3) is 0 Å². The Hall–Kier alpha value is 0. The first-order valence-electron chi connectivity index (χ1n) is 34.2. The molecule has 0 rings (SSSR count). The Morgan fingerprint density at radius 3 is 0.481 bits per heavy atom. The van der Waals surface area contributed by atoms with Gasteiger partial charge in [0.1, 0.15) is 0 Å². The average Bonchev–Trinajstić information content (AvgIpc) is 3.22. The van der Waals surface area contributed by atoms with Gasteiger partial charge >= 0.3 is 0 Å². The maximum absolute atomic E-state index is 2.36. The molecule has 0 aliphatic carbocycles. The summed E-state index contributed by atoms with van der Waals surface area (Å²) in [6, 6.07) is 0. The van der Waals surface area contributed by atoms with Crippen LogP contribution in [0.25, 0.3) is 0 Å². The lowest BCUT2D eigenvalue weighted by molar-refractivity contribution is 0.358. The summed E-state index contributed by atoms with van der Waals surface area (Å²) in [6.07, 6.45) is 29.5. The van der Waals surface area contributed by atoms with Crippen LogP contribution in [0, 0.1) is 112 Å². The van der Waals surface area contributed by atoms with Crippen molar-refractivity contribution >= 4 is 0 Å². The second kappa shape index (κ2) is 70.3. The predicted octanol–water partition coefficient (Wildman–Crippen LogP) is 29.8. The summed E-state index contributed by atoms with van der Waals surface area (Å²) in [6.45, 7) is 80.5. The normalized spacial score (nSPS) is 12.0. The summed E-state index contributed by atoms with van der Waals surface area (Å²) in [5.41, 5.74) is 0. The highest BCUT2D eigenvalue weighted by Gasteiger charge is 2.09. The SMILES string of the molecule is C.C.CC(C)CC(C)C.CC(C)CC(C)CC(C)C.CC(C)CCC(C)C.CC(C)CCC(C)C(C)C.CC(C)CCC(C)C(C)C.CC(C)CCCC(C)C.CC(C)CCCCC(C)C.CC(C)CCCCCC(C)C. The Morgan fingerprint density at radius 1 is 0.156 bits per heavy atom. The van der Waals surface area contributed by atoms with Crippen molar-refractivity contribution in [1.82, 2.24) is 0 Å². The van der Waals surface area contributed by atoms with E-state index in [1.807, 2.05) is 0 Å². The Balaban J connectivity index is -0.0000000832. The van der Waals surface area contributed by atoms with E-state index < -0.39 is 0 Å². The van der Waals surface area contributed by atoms with Gasteiger partial charge in [0.05, 0.1) is 0 Å². The van der Waals surface area contributed by atoms with E-state index in [9.17, 15) is 0 Å². The second-order valence-corrected chi connectivity index (χ2v) is 31.4. The zero-order valence-corrected chi connectivity index (χ0v) is 60.8. The molecule has 0 aromatic carbocycles. The van der Waals surface area contributed by atoms with E-state index in [4.69, 9.17) is 0 Å². The Labute approximate surface area is 502 Å². The third kappa shape index (κ3) is 133. The van der Waals surface area contributed by atoms with Crippen molar-refractivity contribution in [2.45, 2.75) is 392 Å². The molecule has 0 bridgehead atoms. The summed E-state index contributed by atoms with van der Waals surface area (Å²) < 4.78 is 0. The molecule has 0 aliphatic heterocycles. The van der Waals surface area contributed by atoms with E-state index >= 15 is 0 Å². The van der Waals surface area contributed by atoms with Gasteiger partial charge in [-0.2, -0.15) is 0 Å². The van der Waals surface area contributed by atoms with Gasteiger partial charge in [-0.1, -0.05) is 373 Å². The Bertz CT molecular complexity index is 875. The van der Waals surface area contributed by atoms with Crippen LogP contribution in [-0.4, -0.2) is 0 Å². The van der Waals surface area contributed by atoms with Crippen molar-refractivity contribution in [1.29, 1.82) is 0 Å². The molecule has 0 fully saturated rings. The third-order valence-electron chi connectivity index (χ3n) is 14.1. The standard InChI is InChI=1S/C11H24.4C10H22.C9H20.C8H18.C7H16.2CH4/c1-10(2)8-6-5-7-9-11(3)4;1-8(2)6-10(5)7-9(3)4;2*1-8(2)6-7-10(5)9(3)4;1-9(2)7-5-6-8-10(3)4;1-8(2)6-5-7-9(3)4;1-7(2)5-6-8(3)4;1-6(2)5-7(3)4;;/h10-11H,5-9H2,1-4H3;3*8-10H,6-7H2,1-5H3;9-10H,5-8H2,1-4H3;8-9H,5-7H2,1-4H3;7-8H,5-6H2,1-4H3;6-7H,5H2,1-4H3;2*1H4. The minimum atomic E-state index is 0. The van der Waals surface area contributed by atoms with E-state index in [0.717, 1.165) is 112 Å². The molecule has 0 aromatic heterocycles. The molecule has 0 saturated heterocycles. The second-order valence-electron chi connectivity index (χ2n) is 31.4. The highest BCUT2D eigenvalue weighted by Crippen LogP contribution is 2.21. The molecule has 2 unspecified atom stereocenters. The first kappa shape index (κ1) is 99.1. The summed E-state index contributed by atoms with van der Waals surface area (Å²) in [7, 11) is 0. The van der Waals surface area contributed by atoms with E-state index in [1.165, 1.54) is 135 Å². The van der Waals surface area contributed by atoms with E-state index in [-0.39, 0.29) is 14.9 Å². The van der Waals surface area contributed by atoms with Crippen LogP contribution in [0.1, 0.15) is 392 Å². The monoisotopic (exact) mass is 1100 g/mol. The van der Waals surface area contributed by atoms with Gasteiger partial charge in [-0.05, 0) is 132 Å². The average molecular weight is 1100 g/mol. The van der Waals surface area contributed by atoms with Gasteiger partial charge in [-0.3, -0.25) is 0 Å². The van der Waals surface area contributed by atoms with Crippen molar-refractivity contribution in [3.05, 3.63) is 0 Å². The summed E-state index contributed by atoms with van der Waals surface area (Å²) >= 11 is 0. The molecule has 0 heterocycles. The van der Waals surface area contributed by atoms with Crippen LogP contribution in [0.5, 0.6) is 0 Å². The first-order valence-corrected chi connectivity index (χ1v) is 34.2. The fourth-order valence-electron chi connectivity index (χ4n) is 8.50. The number of unbranched alkanes of at least 4 members (excludes halogenated alkanes) is 3. The Kier molecular flexibility index (Phi) is 90.4. The Morgan fingerprint density at radius 2 is 0.325 bits per heavy atom. The predicted molar refractivity (Wildman–Crippen MR) is 375 cm³/mol. The molecular formula is C77H174. The topological polar surface area (TPSA) is 0 Å². The molecule has 482 valence electrons. The van der Waals surface area contributed by atoms with Crippen molar-refractivity contribution < 1.29 is 0 Å². The van der Waals surface area contributed by atoms with Crippen LogP contribution in [0.3, 0.4) is 0 Å². The summed E-state index contributed by atoms with van der Waals surface area (Å²) in [4.78, 5) is 0. The fourth-order valence-corrected chi connectivity index (χ4v) is 8.50. The lowest BCUT2D eigenvalue weighted by atomic mass is 9.91. The maximum atomic E-state index is 2.36. The molecule has 0 aliphatic rings. The van der Waals surface area contributed by atoms with Gasteiger partial charge in [0.15, 0.2) is 0 Å². The van der Waals surface area contributed by atoms with Crippen LogP contribution >= 0.6 is 0 Å². The molecule has 77 heavy (non-hydrogen) atoms. The van der Waals surface area contributed by atoms with Gasteiger partial charge in [0.2, 0.25) is 0 Å². The summed E-state index contributed by atoms with van der Waals surface area (Å²) in [5, 5.41) is 0. The smallest absolute Gasteiger partial charge is 0.0420 e. The van der Waals surface area contributed by atoms with Gasteiger partial charge < -0.3 is 0 Å². The molecule has 0 spiro atoms. The van der Waals surface area contributed by atoms with E-state index in [0.29, 0.717) is 0 Å². The lowest BCUT2D eigenvalue weighted by Gasteiger charge is -2.15. The van der Waals surface area contributed by atoms with Crippen LogP contribution in [0.15, 0.2) is 0 Å². The molecule has 0 radical (unpaired) electrons. The molecule has 2 atom stereocenters. The van der Waals surface area contributed by atoms with Gasteiger partial charge in [0, 0.05) is 0 Å². The molecule has 0 aromatic rings. The van der Waals surface area contributed by atoms with Crippen molar-refractivity contribution in [3.63, 3.8) is 0 Å². The van der Waals surface area contributed by atoms with Gasteiger partial charge in [-0.15, -0.1) is 0 Å². The van der Waals surface area contributed by atoms with Crippen LogP contribution in [0.4, 0.5) is 0 Å². The molecular weight excluding hydrogens is 925 g/mol. The minimum absolute atomic E-state index is 0. The molecule has 0 saturated carbocycles. The quantitative estimate of drug-likeness (QED) is 0.0589. The van der Waals surface area contributed by atoms with Crippen LogP contribution in [-0.2, 0) is 0 Å². The van der Waals surface area contributed by atoms with Crippen molar-refractivity contribution in [2.24, 2.45) is 112 Å². The molecule has 0 amide bonds. The zero-order valence-electron chi connectivity index (χ0n) is 60.8. The number of rotatable bonds is 32. The van der Waals surface area contributed by atoms with E-state index in [2.05, 4.69) is 242 Å². The fraction of sp³-hybridized carbons (Fsp3) is 1.00. The minimum Gasteiger partial charge on any atom is -0.0776 e. The number of hydrogen-bond acceptors (Lipinski definition) is 0. The maximum Gasteiger partial charge on any atom is -0.0420 e. The number of hydrogen-bond donors (Lipinski definition) is 0. The van der Waals surface area contributed by atoms with Crippen LogP contribution in [0.2, 0.25) is 0 Å². The van der Waals surface area contributed by atoms with E-state index in [1.54, 1.807) is 0 Å². The molecule has 0 heteroatoms. The zero-order chi connectivity index (χ0) is 60.8. The van der Waals surface area contributed by atoms with Crippen LogP contribution < -0.4 is 0 Å². The van der Waals surface area contributed by atoms with Crippen molar-refractivity contribution in [2.75, 3.05) is 0 Å². The van der Waals surface area contributed by atoms with Gasteiger partial charge in [-0.25, -0.2) is 0 Å². The lowest BCUT2D eigenvalue weighted by Crippen LogP contribution is -2.04. The molecule has 0 nitrogen and oxygen atoms in total. The van der Waals surface area contributed by atoms with Crippen molar-refractivity contribution in [3.8, 4) is 0 Å². The third-order valence-corrected chi connectivity index (χ3v) is 14.1. The largest absolute Gasteiger partial charge is 0.0776 e. The summed E-state index contributed by atoms with van der Waals surface area (Å²) in [5.74, 6) is 16.8. The highest BCUT2D eigenvalue weighted by molar-refractivity contribution is 4.61. The highest BCUT2D eigenvalue weighted by atomic mass is 14.1. The molecule has 0 N–H and O–H groups in total.